The molecule has 1 saturated heterocycles. The van der Waals surface area contributed by atoms with Gasteiger partial charge in [-0.2, -0.15) is 15.3 Å². The molecule has 1 unspecified atom stereocenters. The second-order valence-corrected chi connectivity index (χ2v) is 8.29. The van der Waals surface area contributed by atoms with Gasteiger partial charge in [-0.15, -0.1) is 0 Å². The molecule has 9 heteroatoms. The highest BCUT2D eigenvalue weighted by Crippen LogP contribution is 2.27. The topological polar surface area (TPSA) is 115 Å². The van der Waals surface area contributed by atoms with Gasteiger partial charge in [-0.25, -0.2) is 0 Å². The van der Waals surface area contributed by atoms with Gasteiger partial charge in [0.1, 0.15) is 5.69 Å². The van der Waals surface area contributed by atoms with Crippen LogP contribution in [0.2, 0.25) is 0 Å². The molecule has 1 aliphatic heterocycles. The molecule has 33 heavy (non-hydrogen) atoms. The van der Waals surface area contributed by atoms with E-state index < -0.39 is 0 Å². The number of benzene rings is 2. The first-order valence-corrected chi connectivity index (χ1v) is 10.9. The predicted octanol–water partition coefficient (Wildman–Crippen LogP) is 3.78. The Kier molecular flexibility index (Phi) is 4.64. The Morgan fingerprint density at radius 1 is 0.970 bits per heavy atom. The molecule has 0 saturated carbocycles. The van der Waals surface area contributed by atoms with Gasteiger partial charge in [0, 0.05) is 46.8 Å². The van der Waals surface area contributed by atoms with E-state index in [9.17, 15) is 4.79 Å². The third-order valence-corrected chi connectivity index (χ3v) is 6.06. The first-order valence-electron chi connectivity index (χ1n) is 10.9. The van der Waals surface area contributed by atoms with E-state index in [0.29, 0.717) is 17.4 Å². The van der Waals surface area contributed by atoms with Gasteiger partial charge >= 0.3 is 0 Å². The van der Waals surface area contributed by atoms with Crippen molar-refractivity contribution in [2.45, 2.75) is 12.5 Å². The van der Waals surface area contributed by atoms with Crippen LogP contribution in [-0.4, -0.2) is 50.4 Å². The number of aromatic nitrogens is 5. The average molecular weight is 438 g/mol. The number of H-pyrrole nitrogens is 2. The fourth-order valence-electron chi connectivity index (χ4n) is 4.38. The predicted molar refractivity (Wildman–Crippen MR) is 129 cm³/mol. The standard InChI is InChI=1S/C24H22N8O/c33-24(29-18-5-7-25-26-13-18)23-10-15-1-3-20(11-22(15)30-23)32-8-6-19(14-32)28-17-2-4-21-16(9-17)12-27-31-21/h1-5,7,9-13,19,28,30H,6,8,14H2,(H,27,31)(H,25,29,33). The van der Waals surface area contributed by atoms with E-state index in [2.05, 4.69) is 77.3 Å². The Balaban J connectivity index is 1.15. The molecular formula is C24H22N8O. The lowest BCUT2D eigenvalue weighted by Gasteiger charge is -2.19. The van der Waals surface area contributed by atoms with Crippen molar-refractivity contribution >= 4 is 44.8 Å². The minimum absolute atomic E-state index is 0.208. The van der Waals surface area contributed by atoms with E-state index in [-0.39, 0.29) is 5.91 Å². The van der Waals surface area contributed by atoms with Crippen LogP contribution < -0.4 is 15.5 Å². The lowest BCUT2D eigenvalue weighted by Crippen LogP contribution is -2.25. The van der Waals surface area contributed by atoms with Crippen LogP contribution in [-0.2, 0) is 0 Å². The van der Waals surface area contributed by atoms with E-state index >= 15 is 0 Å². The van der Waals surface area contributed by atoms with Crippen LogP contribution in [0.3, 0.4) is 0 Å². The molecule has 5 aromatic rings. The molecule has 4 N–H and O–H groups in total. The van der Waals surface area contributed by atoms with Crippen molar-refractivity contribution < 1.29 is 4.79 Å². The molecule has 0 spiro atoms. The summed E-state index contributed by atoms with van der Waals surface area (Å²) in [6.45, 7) is 1.89. The molecule has 9 nitrogen and oxygen atoms in total. The Bertz CT molecular complexity index is 1440. The van der Waals surface area contributed by atoms with Crippen molar-refractivity contribution in [3.63, 3.8) is 0 Å². The molecule has 1 atom stereocenters. The molecule has 1 aliphatic rings. The largest absolute Gasteiger partial charge is 0.380 e. The van der Waals surface area contributed by atoms with Crippen molar-refractivity contribution in [1.29, 1.82) is 0 Å². The summed E-state index contributed by atoms with van der Waals surface area (Å²) in [7, 11) is 0. The number of carbonyl (C=O) groups is 1. The minimum Gasteiger partial charge on any atom is -0.380 e. The average Bonchev–Trinajstić information content (AvgIpc) is 3.58. The molecule has 3 aromatic heterocycles. The normalized spacial score (nSPS) is 15.9. The molecule has 1 fully saturated rings. The van der Waals surface area contributed by atoms with Crippen LogP contribution in [0.4, 0.5) is 17.1 Å². The number of anilines is 3. The highest BCUT2D eigenvalue weighted by Gasteiger charge is 2.23. The summed E-state index contributed by atoms with van der Waals surface area (Å²) in [5.41, 5.74) is 5.34. The summed E-state index contributed by atoms with van der Waals surface area (Å²) in [5.74, 6) is -0.208. The van der Waals surface area contributed by atoms with Crippen molar-refractivity contribution in [2.75, 3.05) is 28.6 Å². The summed E-state index contributed by atoms with van der Waals surface area (Å²) >= 11 is 0. The molecule has 0 bridgehead atoms. The number of nitrogens with one attached hydrogen (secondary N) is 4. The lowest BCUT2D eigenvalue weighted by molar-refractivity contribution is 0.102. The Hall–Kier alpha value is -4.40. The van der Waals surface area contributed by atoms with E-state index in [1.807, 2.05) is 12.3 Å². The van der Waals surface area contributed by atoms with Crippen LogP contribution in [0.1, 0.15) is 16.9 Å². The van der Waals surface area contributed by atoms with Crippen molar-refractivity contribution in [3.05, 3.63) is 72.8 Å². The van der Waals surface area contributed by atoms with Gasteiger partial charge in [0.15, 0.2) is 0 Å². The molecule has 6 rings (SSSR count). The van der Waals surface area contributed by atoms with Crippen LogP contribution in [0.25, 0.3) is 21.8 Å². The molecule has 2 aromatic carbocycles. The van der Waals surface area contributed by atoms with E-state index in [1.165, 1.54) is 6.20 Å². The maximum absolute atomic E-state index is 12.6. The van der Waals surface area contributed by atoms with Gasteiger partial charge in [-0.1, -0.05) is 6.07 Å². The number of hydrogen-bond acceptors (Lipinski definition) is 6. The third kappa shape index (κ3) is 3.84. The Morgan fingerprint density at radius 2 is 1.94 bits per heavy atom. The van der Waals surface area contributed by atoms with E-state index in [1.54, 1.807) is 12.3 Å². The smallest absolute Gasteiger partial charge is 0.272 e. The summed E-state index contributed by atoms with van der Waals surface area (Å²) < 4.78 is 0. The molecule has 0 radical (unpaired) electrons. The molecule has 4 heterocycles. The molecule has 164 valence electrons. The zero-order valence-corrected chi connectivity index (χ0v) is 17.7. The lowest BCUT2D eigenvalue weighted by atomic mass is 10.2. The van der Waals surface area contributed by atoms with Gasteiger partial charge in [-0.05, 0) is 48.9 Å². The van der Waals surface area contributed by atoms with Gasteiger partial charge in [0.2, 0.25) is 0 Å². The number of hydrogen-bond donors (Lipinski definition) is 4. The van der Waals surface area contributed by atoms with E-state index in [0.717, 1.165) is 52.7 Å². The summed E-state index contributed by atoms with van der Waals surface area (Å²) in [6.07, 6.45) is 5.96. The molecular weight excluding hydrogens is 416 g/mol. The van der Waals surface area contributed by atoms with Gasteiger partial charge in [-0.3, -0.25) is 9.89 Å². The van der Waals surface area contributed by atoms with Crippen molar-refractivity contribution in [3.8, 4) is 0 Å². The van der Waals surface area contributed by atoms with Gasteiger partial charge in [0.25, 0.3) is 5.91 Å². The fraction of sp³-hybridized carbons (Fsp3) is 0.167. The quantitative estimate of drug-likeness (QED) is 0.332. The number of amides is 1. The Morgan fingerprint density at radius 3 is 2.85 bits per heavy atom. The highest BCUT2D eigenvalue weighted by molar-refractivity contribution is 6.06. The van der Waals surface area contributed by atoms with Crippen molar-refractivity contribution in [2.24, 2.45) is 0 Å². The molecule has 0 aliphatic carbocycles. The van der Waals surface area contributed by atoms with Gasteiger partial charge in [0.05, 0.1) is 29.8 Å². The van der Waals surface area contributed by atoms with Gasteiger partial charge < -0.3 is 20.5 Å². The zero-order valence-electron chi connectivity index (χ0n) is 17.7. The molecule has 1 amide bonds. The third-order valence-electron chi connectivity index (χ3n) is 6.06. The van der Waals surface area contributed by atoms with E-state index in [4.69, 9.17) is 0 Å². The Labute approximate surface area is 189 Å². The maximum Gasteiger partial charge on any atom is 0.272 e. The monoisotopic (exact) mass is 438 g/mol. The second kappa shape index (κ2) is 7.94. The summed E-state index contributed by atoms with van der Waals surface area (Å²) in [6, 6.07) is 16.5. The number of rotatable bonds is 5. The number of carbonyl (C=O) groups excluding carboxylic acids is 1. The van der Waals surface area contributed by atoms with Crippen LogP contribution >= 0.6 is 0 Å². The van der Waals surface area contributed by atoms with Crippen LogP contribution in [0, 0.1) is 0 Å². The highest BCUT2D eigenvalue weighted by atomic mass is 16.1. The first-order chi connectivity index (χ1) is 16.2. The minimum atomic E-state index is -0.208. The van der Waals surface area contributed by atoms with Crippen LogP contribution in [0.5, 0.6) is 0 Å². The SMILES string of the molecule is O=C(Nc1ccnnc1)c1cc2ccc(N3CCC(Nc4ccc5[nH]ncc5c4)C3)cc2[nH]1. The first kappa shape index (κ1) is 19.3. The van der Waals surface area contributed by atoms with Crippen molar-refractivity contribution in [1.82, 2.24) is 25.4 Å². The second-order valence-electron chi connectivity index (χ2n) is 8.29. The number of nitrogens with zero attached hydrogens (tertiary/aromatic N) is 4. The van der Waals surface area contributed by atoms with Crippen LogP contribution in [0.15, 0.2) is 67.1 Å². The number of fused-ring (bicyclic) bond motifs is 2. The maximum atomic E-state index is 12.6. The zero-order chi connectivity index (χ0) is 22.2. The fourth-order valence-corrected chi connectivity index (χ4v) is 4.38. The summed E-state index contributed by atoms with van der Waals surface area (Å²) in [4.78, 5) is 18.2. The summed E-state index contributed by atoms with van der Waals surface area (Å²) in [5, 5.41) is 23.2. The number of aromatic amines is 2.